The van der Waals surface area contributed by atoms with Crippen LogP contribution in [0, 0.1) is 5.92 Å². The Hall–Kier alpha value is -1.32. The third-order valence-corrected chi connectivity index (χ3v) is 3.74. The largest absolute Gasteiger partial charge is 0.474 e. The third kappa shape index (κ3) is 3.82. The first-order valence-electron chi connectivity index (χ1n) is 7.32. The molecule has 106 valence electrons. The monoisotopic (exact) mass is 263 g/mol. The SMILES string of the molecule is CNc1cc(OC2CCC(C)CC2)nc(C(C)C)n1. The van der Waals surface area contributed by atoms with E-state index in [2.05, 4.69) is 36.1 Å². The lowest BCUT2D eigenvalue weighted by Gasteiger charge is -2.26. The summed E-state index contributed by atoms with van der Waals surface area (Å²) in [5, 5.41) is 3.08. The highest BCUT2D eigenvalue weighted by atomic mass is 16.5. The summed E-state index contributed by atoms with van der Waals surface area (Å²) in [7, 11) is 1.87. The smallest absolute Gasteiger partial charge is 0.219 e. The number of nitrogens with one attached hydrogen (secondary N) is 1. The van der Waals surface area contributed by atoms with Crippen molar-refractivity contribution in [3.05, 3.63) is 11.9 Å². The summed E-state index contributed by atoms with van der Waals surface area (Å²) < 4.78 is 6.05. The molecule has 0 bridgehead atoms. The first-order chi connectivity index (χ1) is 9.08. The van der Waals surface area contributed by atoms with Crippen LogP contribution in [0.25, 0.3) is 0 Å². The molecule has 1 saturated carbocycles. The highest BCUT2D eigenvalue weighted by molar-refractivity contribution is 5.38. The quantitative estimate of drug-likeness (QED) is 0.901. The highest BCUT2D eigenvalue weighted by Crippen LogP contribution is 2.27. The number of aromatic nitrogens is 2. The molecule has 0 amide bonds. The fourth-order valence-electron chi connectivity index (χ4n) is 2.41. The predicted octanol–water partition coefficient (Wildman–Crippen LogP) is 3.60. The van der Waals surface area contributed by atoms with Crippen molar-refractivity contribution in [2.45, 2.75) is 58.5 Å². The Morgan fingerprint density at radius 1 is 1.21 bits per heavy atom. The summed E-state index contributed by atoms with van der Waals surface area (Å²) in [5.41, 5.74) is 0. The van der Waals surface area contributed by atoms with Gasteiger partial charge in [0.1, 0.15) is 17.7 Å². The van der Waals surface area contributed by atoms with E-state index in [0.29, 0.717) is 17.9 Å². The van der Waals surface area contributed by atoms with Gasteiger partial charge in [-0.1, -0.05) is 20.8 Å². The van der Waals surface area contributed by atoms with E-state index in [9.17, 15) is 0 Å². The lowest BCUT2D eigenvalue weighted by molar-refractivity contribution is 0.129. The zero-order chi connectivity index (χ0) is 13.8. The minimum Gasteiger partial charge on any atom is -0.474 e. The average Bonchev–Trinajstić information content (AvgIpc) is 2.41. The van der Waals surface area contributed by atoms with Crippen LogP contribution in [0.15, 0.2) is 6.07 Å². The molecular weight excluding hydrogens is 238 g/mol. The number of ether oxygens (including phenoxy) is 1. The normalized spacial score (nSPS) is 23.4. The fraction of sp³-hybridized carbons (Fsp3) is 0.733. The zero-order valence-electron chi connectivity index (χ0n) is 12.4. The van der Waals surface area contributed by atoms with E-state index in [-0.39, 0.29) is 0 Å². The molecule has 0 radical (unpaired) electrons. The van der Waals surface area contributed by atoms with Gasteiger partial charge >= 0.3 is 0 Å². The Labute approximate surface area is 116 Å². The third-order valence-electron chi connectivity index (χ3n) is 3.74. The van der Waals surface area contributed by atoms with Crippen LogP contribution in [0.1, 0.15) is 58.2 Å². The van der Waals surface area contributed by atoms with Crippen molar-refractivity contribution in [3.8, 4) is 5.88 Å². The van der Waals surface area contributed by atoms with Gasteiger partial charge in [-0.25, -0.2) is 4.98 Å². The second-order valence-electron chi connectivity index (χ2n) is 5.85. The molecule has 0 spiro atoms. The summed E-state index contributed by atoms with van der Waals surface area (Å²) in [5.74, 6) is 3.53. The van der Waals surface area contributed by atoms with Gasteiger partial charge in [-0.05, 0) is 31.6 Å². The van der Waals surface area contributed by atoms with Crippen LogP contribution in [0.2, 0.25) is 0 Å². The molecule has 0 saturated heterocycles. The molecule has 1 N–H and O–H groups in total. The van der Waals surface area contributed by atoms with Crippen molar-refractivity contribution in [2.75, 3.05) is 12.4 Å². The molecule has 4 nitrogen and oxygen atoms in total. The van der Waals surface area contributed by atoms with Gasteiger partial charge in [0, 0.05) is 19.0 Å². The average molecular weight is 263 g/mol. The molecule has 0 aromatic carbocycles. The van der Waals surface area contributed by atoms with Crippen LogP contribution in [0.3, 0.4) is 0 Å². The van der Waals surface area contributed by atoms with E-state index in [1.807, 2.05) is 13.1 Å². The molecule has 4 heteroatoms. The Kier molecular flexibility index (Phi) is 4.61. The van der Waals surface area contributed by atoms with Crippen molar-refractivity contribution < 1.29 is 4.74 Å². The first-order valence-corrected chi connectivity index (χ1v) is 7.32. The fourth-order valence-corrected chi connectivity index (χ4v) is 2.41. The van der Waals surface area contributed by atoms with Crippen molar-refractivity contribution in [2.24, 2.45) is 5.92 Å². The summed E-state index contributed by atoms with van der Waals surface area (Å²) in [6.07, 6.45) is 5.10. The van der Waals surface area contributed by atoms with E-state index in [0.717, 1.165) is 30.4 Å². The van der Waals surface area contributed by atoms with Gasteiger partial charge in [0.05, 0.1) is 0 Å². The summed E-state index contributed by atoms with van der Waals surface area (Å²) in [6.45, 7) is 6.51. The van der Waals surface area contributed by atoms with Crippen LogP contribution >= 0.6 is 0 Å². The van der Waals surface area contributed by atoms with Gasteiger partial charge in [0.15, 0.2) is 0 Å². The van der Waals surface area contributed by atoms with Gasteiger partial charge in [0.25, 0.3) is 0 Å². The lowest BCUT2D eigenvalue weighted by Crippen LogP contribution is -2.23. The van der Waals surface area contributed by atoms with Crippen LogP contribution < -0.4 is 10.1 Å². The highest BCUT2D eigenvalue weighted by Gasteiger charge is 2.20. The number of anilines is 1. The minimum absolute atomic E-state index is 0.307. The Balaban J connectivity index is 2.08. The molecule has 0 aliphatic heterocycles. The number of hydrogen-bond acceptors (Lipinski definition) is 4. The molecule has 1 fully saturated rings. The van der Waals surface area contributed by atoms with E-state index >= 15 is 0 Å². The van der Waals surface area contributed by atoms with Gasteiger partial charge < -0.3 is 10.1 Å². The summed E-state index contributed by atoms with van der Waals surface area (Å²) in [4.78, 5) is 8.97. The van der Waals surface area contributed by atoms with Crippen LogP contribution in [-0.2, 0) is 0 Å². The predicted molar refractivity (Wildman–Crippen MR) is 77.7 cm³/mol. The van der Waals surface area contributed by atoms with E-state index in [1.54, 1.807) is 0 Å². The van der Waals surface area contributed by atoms with Gasteiger partial charge in [0.2, 0.25) is 5.88 Å². The van der Waals surface area contributed by atoms with Crippen molar-refractivity contribution in [1.82, 2.24) is 9.97 Å². The molecule has 1 aliphatic carbocycles. The molecule has 19 heavy (non-hydrogen) atoms. The van der Waals surface area contributed by atoms with Crippen LogP contribution in [0.4, 0.5) is 5.82 Å². The summed E-state index contributed by atoms with van der Waals surface area (Å²) in [6, 6.07) is 1.89. The van der Waals surface area contributed by atoms with Crippen molar-refractivity contribution in [3.63, 3.8) is 0 Å². The van der Waals surface area contributed by atoms with Crippen molar-refractivity contribution >= 4 is 5.82 Å². The molecule has 1 aromatic heterocycles. The Morgan fingerprint density at radius 3 is 2.47 bits per heavy atom. The lowest BCUT2D eigenvalue weighted by atomic mass is 9.89. The second-order valence-corrected chi connectivity index (χ2v) is 5.85. The maximum Gasteiger partial charge on any atom is 0.219 e. The molecule has 1 heterocycles. The second kappa shape index (κ2) is 6.22. The molecule has 2 rings (SSSR count). The minimum atomic E-state index is 0.307. The zero-order valence-corrected chi connectivity index (χ0v) is 12.4. The standard InChI is InChI=1S/C15H25N3O/c1-10(2)15-17-13(16-4)9-14(18-15)19-12-7-5-11(3)6-8-12/h9-12H,5-8H2,1-4H3,(H,16,17,18). The number of nitrogens with zero attached hydrogens (tertiary/aromatic N) is 2. The Bertz CT molecular complexity index is 412. The molecule has 0 atom stereocenters. The van der Waals surface area contributed by atoms with Gasteiger partial charge in [-0.3, -0.25) is 0 Å². The van der Waals surface area contributed by atoms with Crippen molar-refractivity contribution in [1.29, 1.82) is 0 Å². The Morgan fingerprint density at radius 2 is 1.89 bits per heavy atom. The van der Waals surface area contributed by atoms with E-state index in [1.165, 1.54) is 12.8 Å². The first kappa shape index (κ1) is 14.1. The van der Waals surface area contributed by atoms with E-state index < -0.39 is 0 Å². The maximum absolute atomic E-state index is 6.05. The van der Waals surface area contributed by atoms with Crippen LogP contribution in [0.5, 0.6) is 5.88 Å². The topological polar surface area (TPSA) is 47.0 Å². The molecule has 1 aliphatic rings. The number of rotatable bonds is 4. The van der Waals surface area contributed by atoms with Crippen LogP contribution in [-0.4, -0.2) is 23.1 Å². The van der Waals surface area contributed by atoms with Gasteiger partial charge in [-0.2, -0.15) is 4.98 Å². The summed E-state index contributed by atoms with van der Waals surface area (Å²) >= 11 is 0. The number of hydrogen-bond donors (Lipinski definition) is 1. The van der Waals surface area contributed by atoms with Gasteiger partial charge in [-0.15, -0.1) is 0 Å². The molecule has 0 unspecified atom stereocenters. The van der Waals surface area contributed by atoms with E-state index in [4.69, 9.17) is 4.74 Å². The molecular formula is C15H25N3O. The maximum atomic E-state index is 6.05. The molecule has 1 aromatic rings.